The van der Waals surface area contributed by atoms with E-state index in [1.54, 1.807) is 14.0 Å². The molecule has 0 radical (unpaired) electrons. The lowest BCUT2D eigenvalue weighted by Crippen LogP contribution is -2.41. The van der Waals surface area contributed by atoms with E-state index in [0.29, 0.717) is 6.42 Å². The first kappa shape index (κ1) is 16.0. The van der Waals surface area contributed by atoms with Crippen molar-refractivity contribution in [3.05, 3.63) is 54.6 Å². The Morgan fingerprint density at radius 2 is 1.55 bits per heavy atom. The molecule has 0 heterocycles. The number of anilines is 3. The van der Waals surface area contributed by atoms with Gasteiger partial charge in [0.25, 0.3) is 5.91 Å². The first-order valence-corrected chi connectivity index (χ1v) is 7.36. The van der Waals surface area contributed by atoms with Gasteiger partial charge in [-0.05, 0) is 49.7 Å². The number of benzene rings is 2. The minimum Gasteiger partial charge on any atom is -0.369 e. The van der Waals surface area contributed by atoms with Crippen molar-refractivity contribution in [1.29, 1.82) is 0 Å². The van der Waals surface area contributed by atoms with Gasteiger partial charge in [0.15, 0.2) is 0 Å². The van der Waals surface area contributed by atoms with Crippen molar-refractivity contribution in [3.63, 3.8) is 0 Å². The molecule has 0 bridgehead atoms. The molecular weight excluding hydrogens is 276 g/mol. The summed E-state index contributed by atoms with van der Waals surface area (Å²) in [6.07, 6.45) is 0.614. The summed E-state index contributed by atoms with van der Waals surface area (Å²) in [5.41, 5.74) is 1.94. The van der Waals surface area contributed by atoms with Crippen LogP contribution in [0.5, 0.6) is 0 Å². The molecule has 0 saturated carbocycles. The highest BCUT2D eigenvalue weighted by Gasteiger charge is 2.30. The van der Waals surface area contributed by atoms with Gasteiger partial charge in [0.2, 0.25) is 0 Å². The van der Waals surface area contributed by atoms with Crippen LogP contribution >= 0.6 is 0 Å². The van der Waals surface area contributed by atoms with Gasteiger partial charge < -0.3 is 15.4 Å². The Bertz CT molecular complexity index is 605. The highest BCUT2D eigenvalue weighted by Crippen LogP contribution is 2.21. The SMILES string of the molecule is CCC(C)(OC)C(=O)Nc1ccc(Nc2ccccc2)cc1. The largest absolute Gasteiger partial charge is 0.369 e. The lowest BCUT2D eigenvalue weighted by atomic mass is 10.0. The number of hydrogen-bond acceptors (Lipinski definition) is 3. The molecule has 0 aliphatic carbocycles. The van der Waals surface area contributed by atoms with E-state index in [1.807, 2.05) is 61.5 Å². The summed E-state index contributed by atoms with van der Waals surface area (Å²) < 4.78 is 5.30. The number of rotatable bonds is 6. The second kappa shape index (κ2) is 7.09. The zero-order valence-electron chi connectivity index (χ0n) is 13.2. The Morgan fingerprint density at radius 3 is 2.09 bits per heavy atom. The number of hydrogen-bond donors (Lipinski definition) is 2. The number of amides is 1. The van der Waals surface area contributed by atoms with Crippen molar-refractivity contribution < 1.29 is 9.53 Å². The van der Waals surface area contributed by atoms with Crippen LogP contribution in [-0.4, -0.2) is 18.6 Å². The molecule has 1 atom stereocenters. The van der Waals surface area contributed by atoms with Crippen LogP contribution in [0, 0.1) is 0 Å². The average molecular weight is 298 g/mol. The first-order chi connectivity index (χ1) is 10.6. The molecular formula is C18H22N2O2. The molecule has 4 heteroatoms. The summed E-state index contributed by atoms with van der Waals surface area (Å²) in [6, 6.07) is 17.5. The lowest BCUT2D eigenvalue weighted by molar-refractivity contribution is -0.136. The minimum absolute atomic E-state index is 0.138. The van der Waals surface area contributed by atoms with E-state index in [2.05, 4.69) is 10.6 Å². The van der Waals surface area contributed by atoms with E-state index in [1.165, 1.54) is 0 Å². The van der Waals surface area contributed by atoms with Crippen molar-refractivity contribution in [2.45, 2.75) is 25.9 Å². The molecule has 2 N–H and O–H groups in total. The predicted molar refractivity (Wildman–Crippen MR) is 90.5 cm³/mol. The highest BCUT2D eigenvalue weighted by molar-refractivity contribution is 5.97. The van der Waals surface area contributed by atoms with Gasteiger partial charge in [0.1, 0.15) is 5.60 Å². The molecule has 116 valence electrons. The molecule has 2 aromatic rings. The smallest absolute Gasteiger partial charge is 0.256 e. The van der Waals surface area contributed by atoms with Gasteiger partial charge in [-0.2, -0.15) is 0 Å². The molecule has 0 fully saturated rings. The molecule has 22 heavy (non-hydrogen) atoms. The molecule has 0 aliphatic heterocycles. The van der Waals surface area contributed by atoms with Crippen LogP contribution in [0.4, 0.5) is 17.1 Å². The van der Waals surface area contributed by atoms with Gasteiger partial charge in [-0.1, -0.05) is 25.1 Å². The van der Waals surface area contributed by atoms with E-state index in [4.69, 9.17) is 4.74 Å². The molecule has 4 nitrogen and oxygen atoms in total. The molecule has 0 saturated heterocycles. The zero-order valence-corrected chi connectivity index (χ0v) is 13.2. The van der Waals surface area contributed by atoms with Gasteiger partial charge in [0, 0.05) is 24.2 Å². The quantitative estimate of drug-likeness (QED) is 0.841. The van der Waals surface area contributed by atoms with Gasteiger partial charge in [-0.3, -0.25) is 4.79 Å². The molecule has 0 spiro atoms. The average Bonchev–Trinajstić information content (AvgIpc) is 2.56. The molecule has 0 aromatic heterocycles. The van der Waals surface area contributed by atoms with Crippen molar-refractivity contribution in [2.24, 2.45) is 0 Å². The maximum Gasteiger partial charge on any atom is 0.256 e. The van der Waals surface area contributed by atoms with Crippen LogP contribution in [0.15, 0.2) is 54.6 Å². The predicted octanol–water partition coefficient (Wildman–Crippen LogP) is 4.18. The Hall–Kier alpha value is -2.33. The van der Waals surface area contributed by atoms with Crippen LogP contribution in [0.1, 0.15) is 20.3 Å². The van der Waals surface area contributed by atoms with Gasteiger partial charge >= 0.3 is 0 Å². The number of carbonyl (C=O) groups excluding carboxylic acids is 1. The molecule has 2 rings (SSSR count). The third kappa shape index (κ3) is 3.86. The minimum atomic E-state index is -0.805. The fraction of sp³-hybridized carbons (Fsp3) is 0.278. The Kier molecular flexibility index (Phi) is 5.17. The molecule has 0 aliphatic rings. The second-order valence-electron chi connectivity index (χ2n) is 5.31. The summed E-state index contributed by atoms with van der Waals surface area (Å²) in [7, 11) is 1.55. The summed E-state index contributed by atoms with van der Waals surface area (Å²) in [4.78, 5) is 12.2. The summed E-state index contributed by atoms with van der Waals surface area (Å²) in [5.74, 6) is -0.138. The topological polar surface area (TPSA) is 50.4 Å². The third-order valence-electron chi connectivity index (χ3n) is 3.81. The highest BCUT2D eigenvalue weighted by atomic mass is 16.5. The fourth-order valence-corrected chi connectivity index (χ4v) is 1.99. The second-order valence-corrected chi connectivity index (χ2v) is 5.31. The van der Waals surface area contributed by atoms with E-state index in [-0.39, 0.29) is 5.91 Å². The summed E-state index contributed by atoms with van der Waals surface area (Å²) >= 11 is 0. The monoisotopic (exact) mass is 298 g/mol. The van der Waals surface area contributed by atoms with Crippen molar-refractivity contribution in [1.82, 2.24) is 0 Å². The maximum absolute atomic E-state index is 12.2. The maximum atomic E-state index is 12.2. The van der Waals surface area contributed by atoms with Crippen LogP contribution in [0.3, 0.4) is 0 Å². The van der Waals surface area contributed by atoms with Crippen LogP contribution in [0.2, 0.25) is 0 Å². The Morgan fingerprint density at radius 1 is 1.00 bits per heavy atom. The van der Waals surface area contributed by atoms with E-state index < -0.39 is 5.60 Å². The van der Waals surface area contributed by atoms with Crippen molar-refractivity contribution in [2.75, 3.05) is 17.7 Å². The van der Waals surface area contributed by atoms with Crippen molar-refractivity contribution in [3.8, 4) is 0 Å². The number of carbonyl (C=O) groups is 1. The molecule has 1 amide bonds. The molecule has 1 unspecified atom stereocenters. The number of para-hydroxylation sites is 1. The van der Waals surface area contributed by atoms with Crippen LogP contribution in [0.25, 0.3) is 0 Å². The number of methoxy groups -OCH3 is 1. The van der Waals surface area contributed by atoms with E-state index in [0.717, 1.165) is 17.1 Å². The number of ether oxygens (including phenoxy) is 1. The molecule has 2 aromatic carbocycles. The van der Waals surface area contributed by atoms with Crippen LogP contribution in [-0.2, 0) is 9.53 Å². The third-order valence-corrected chi connectivity index (χ3v) is 3.81. The lowest BCUT2D eigenvalue weighted by Gasteiger charge is -2.25. The van der Waals surface area contributed by atoms with Crippen LogP contribution < -0.4 is 10.6 Å². The van der Waals surface area contributed by atoms with E-state index in [9.17, 15) is 4.79 Å². The summed E-state index contributed by atoms with van der Waals surface area (Å²) in [6.45, 7) is 3.71. The number of nitrogens with one attached hydrogen (secondary N) is 2. The Labute approximate surface area is 131 Å². The van der Waals surface area contributed by atoms with Gasteiger partial charge in [-0.25, -0.2) is 0 Å². The Balaban J connectivity index is 2.02. The fourth-order valence-electron chi connectivity index (χ4n) is 1.99. The normalized spacial score (nSPS) is 13.2. The van der Waals surface area contributed by atoms with Gasteiger partial charge in [0.05, 0.1) is 0 Å². The zero-order chi connectivity index (χ0) is 16.0. The van der Waals surface area contributed by atoms with E-state index >= 15 is 0 Å². The van der Waals surface area contributed by atoms with Gasteiger partial charge in [-0.15, -0.1) is 0 Å². The van der Waals surface area contributed by atoms with Crippen molar-refractivity contribution >= 4 is 23.0 Å². The summed E-state index contributed by atoms with van der Waals surface area (Å²) in [5, 5.41) is 6.18. The standard InChI is InChI=1S/C18H22N2O2/c1-4-18(2,22-3)17(21)20-16-12-10-15(11-13-16)19-14-8-6-5-7-9-14/h5-13,19H,4H2,1-3H3,(H,20,21). The first-order valence-electron chi connectivity index (χ1n) is 7.36.